The lowest BCUT2D eigenvalue weighted by atomic mass is 10.1. The fourth-order valence-corrected chi connectivity index (χ4v) is 2.27. The molecule has 0 aliphatic carbocycles. The topological polar surface area (TPSA) is 78.9 Å². The van der Waals surface area contributed by atoms with Gasteiger partial charge in [0.05, 0.1) is 5.56 Å². The van der Waals surface area contributed by atoms with Crippen molar-refractivity contribution in [3.63, 3.8) is 0 Å². The number of oxime groups is 1. The Balaban J connectivity index is 2.73. The molecule has 0 aliphatic rings. The Morgan fingerprint density at radius 1 is 1.65 bits per heavy atom. The minimum Gasteiger partial charge on any atom is -0.409 e. The molecule has 0 saturated heterocycles. The van der Waals surface area contributed by atoms with Gasteiger partial charge >= 0.3 is 0 Å². The first-order valence-corrected chi connectivity index (χ1v) is 6.18. The van der Waals surface area contributed by atoms with Crippen LogP contribution >= 0.6 is 11.3 Å². The van der Waals surface area contributed by atoms with Crippen molar-refractivity contribution in [2.45, 2.75) is 26.3 Å². The van der Waals surface area contributed by atoms with Crippen LogP contribution < -0.4 is 5.73 Å². The Bertz CT molecular complexity index is 428. The second-order valence-corrected chi connectivity index (χ2v) is 4.77. The number of nitrogens with zero attached hydrogens (tertiary/aromatic N) is 2. The van der Waals surface area contributed by atoms with Crippen molar-refractivity contribution < 1.29 is 10.0 Å². The molecule has 3 N–H and O–H groups in total. The van der Waals surface area contributed by atoms with E-state index < -0.39 is 0 Å². The SMILES string of the molecule is Cc1cscc1C(=O)N(C)C(C)CC(N)=NO. The van der Waals surface area contributed by atoms with Crippen LogP contribution in [0, 0.1) is 6.92 Å². The first kappa shape index (κ1) is 13.5. The average molecular weight is 255 g/mol. The van der Waals surface area contributed by atoms with E-state index in [0.29, 0.717) is 12.0 Å². The lowest BCUT2D eigenvalue weighted by molar-refractivity contribution is 0.0747. The summed E-state index contributed by atoms with van der Waals surface area (Å²) in [4.78, 5) is 13.7. The third-order valence-corrected chi connectivity index (χ3v) is 3.56. The summed E-state index contributed by atoms with van der Waals surface area (Å²) in [5.74, 6) is 0.0844. The van der Waals surface area contributed by atoms with Gasteiger partial charge < -0.3 is 15.8 Å². The standard InChI is InChI=1S/C11H17N3O2S/c1-7-5-17-6-9(7)11(15)14(3)8(2)4-10(12)13-16/h5-6,8,16H,4H2,1-3H3,(H2,12,13). The molecule has 6 heteroatoms. The summed E-state index contributed by atoms with van der Waals surface area (Å²) < 4.78 is 0. The largest absolute Gasteiger partial charge is 0.409 e. The highest BCUT2D eigenvalue weighted by atomic mass is 32.1. The van der Waals surface area contributed by atoms with Crippen LogP contribution in [0.4, 0.5) is 0 Å². The molecule has 0 fully saturated rings. The Morgan fingerprint density at radius 2 is 2.29 bits per heavy atom. The molecule has 17 heavy (non-hydrogen) atoms. The Labute approximate surface area is 105 Å². The second-order valence-electron chi connectivity index (χ2n) is 4.03. The van der Waals surface area contributed by atoms with E-state index in [9.17, 15) is 4.79 Å². The van der Waals surface area contributed by atoms with Gasteiger partial charge in [-0.05, 0) is 24.8 Å². The molecular formula is C11H17N3O2S. The molecular weight excluding hydrogens is 238 g/mol. The number of nitrogens with two attached hydrogens (primary N) is 1. The van der Waals surface area contributed by atoms with E-state index in [0.717, 1.165) is 5.56 Å². The lowest BCUT2D eigenvalue weighted by Gasteiger charge is -2.24. The molecule has 1 aromatic rings. The second kappa shape index (κ2) is 5.67. The van der Waals surface area contributed by atoms with E-state index in [1.165, 1.54) is 11.3 Å². The van der Waals surface area contributed by atoms with Gasteiger partial charge in [-0.15, -0.1) is 0 Å². The first-order valence-electron chi connectivity index (χ1n) is 5.23. The highest BCUT2D eigenvalue weighted by Gasteiger charge is 2.20. The van der Waals surface area contributed by atoms with Gasteiger partial charge in [0, 0.05) is 24.9 Å². The number of carbonyl (C=O) groups is 1. The fraction of sp³-hybridized carbons (Fsp3) is 0.455. The van der Waals surface area contributed by atoms with Crippen LogP contribution in [-0.4, -0.2) is 34.9 Å². The van der Waals surface area contributed by atoms with Crippen LogP contribution in [0.5, 0.6) is 0 Å². The molecule has 1 unspecified atom stereocenters. The quantitative estimate of drug-likeness (QED) is 0.371. The van der Waals surface area contributed by atoms with Crippen molar-refractivity contribution in [3.05, 3.63) is 21.9 Å². The zero-order chi connectivity index (χ0) is 13.0. The molecule has 1 amide bonds. The fourth-order valence-electron chi connectivity index (χ4n) is 1.45. The molecule has 1 aromatic heterocycles. The minimum absolute atomic E-state index is 0.0398. The summed E-state index contributed by atoms with van der Waals surface area (Å²) in [6.07, 6.45) is 0.349. The number of aryl methyl sites for hydroxylation is 1. The molecule has 94 valence electrons. The van der Waals surface area contributed by atoms with Gasteiger partial charge in [0.15, 0.2) is 0 Å². The van der Waals surface area contributed by atoms with E-state index in [4.69, 9.17) is 10.9 Å². The van der Waals surface area contributed by atoms with Gasteiger partial charge in [-0.25, -0.2) is 0 Å². The maximum atomic E-state index is 12.1. The zero-order valence-corrected chi connectivity index (χ0v) is 11.0. The van der Waals surface area contributed by atoms with E-state index in [1.807, 2.05) is 24.6 Å². The third-order valence-electron chi connectivity index (χ3n) is 2.70. The van der Waals surface area contributed by atoms with E-state index in [2.05, 4.69) is 5.16 Å². The number of hydrogen-bond donors (Lipinski definition) is 2. The smallest absolute Gasteiger partial charge is 0.254 e. The zero-order valence-electron chi connectivity index (χ0n) is 10.2. The predicted molar refractivity (Wildman–Crippen MR) is 68.6 cm³/mol. The summed E-state index contributed by atoms with van der Waals surface area (Å²) >= 11 is 1.51. The molecule has 1 atom stereocenters. The minimum atomic E-state index is -0.113. The molecule has 0 aliphatic heterocycles. The van der Waals surface area contributed by atoms with Gasteiger partial charge in [0.2, 0.25) is 0 Å². The molecule has 0 saturated carbocycles. The first-order chi connectivity index (χ1) is 7.97. The van der Waals surface area contributed by atoms with Gasteiger partial charge in [-0.2, -0.15) is 11.3 Å². The molecule has 0 spiro atoms. The number of carbonyl (C=O) groups excluding carboxylic acids is 1. The maximum absolute atomic E-state index is 12.1. The number of rotatable bonds is 4. The molecule has 1 heterocycles. The van der Waals surface area contributed by atoms with Gasteiger partial charge in [-0.1, -0.05) is 5.16 Å². The molecule has 1 rings (SSSR count). The van der Waals surface area contributed by atoms with Crippen molar-refractivity contribution >= 4 is 23.1 Å². The maximum Gasteiger partial charge on any atom is 0.254 e. The van der Waals surface area contributed by atoms with Crippen molar-refractivity contribution in [2.24, 2.45) is 10.9 Å². The van der Waals surface area contributed by atoms with E-state index >= 15 is 0 Å². The van der Waals surface area contributed by atoms with E-state index in [1.54, 1.807) is 11.9 Å². The monoisotopic (exact) mass is 255 g/mol. The van der Waals surface area contributed by atoms with Crippen LogP contribution in [0.15, 0.2) is 15.9 Å². The van der Waals surface area contributed by atoms with Crippen LogP contribution in [0.3, 0.4) is 0 Å². The van der Waals surface area contributed by atoms with Gasteiger partial charge in [-0.3, -0.25) is 4.79 Å². The Hall–Kier alpha value is -1.56. The van der Waals surface area contributed by atoms with Crippen LogP contribution in [-0.2, 0) is 0 Å². The summed E-state index contributed by atoms with van der Waals surface area (Å²) in [6, 6.07) is -0.113. The number of amidine groups is 1. The normalized spacial score (nSPS) is 13.5. The Kier molecular flexibility index (Phi) is 4.51. The van der Waals surface area contributed by atoms with Crippen molar-refractivity contribution in [1.29, 1.82) is 0 Å². The summed E-state index contributed by atoms with van der Waals surface area (Å²) in [6.45, 7) is 3.77. The molecule has 5 nitrogen and oxygen atoms in total. The summed E-state index contributed by atoms with van der Waals surface area (Å²) in [5.41, 5.74) is 7.11. The van der Waals surface area contributed by atoms with Crippen LogP contribution in [0.2, 0.25) is 0 Å². The van der Waals surface area contributed by atoms with Crippen molar-refractivity contribution in [1.82, 2.24) is 4.90 Å². The number of thiophene rings is 1. The molecule has 0 radical (unpaired) electrons. The predicted octanol–water partition coefficient (Wildman–Crippen LogP) is 1.65. The highest BCUT2D eigenvalue weighted by molar-refractivity contribution is 7.08. The highest BCUT2D eigenvalue weighted by Crippen LogP contribution is 2.17. The van der Waals surface area contributed by atoms with Crippen LogP contribution in [0.25, 0.3) is 0 Å². The Morgan fingerprint density at radius 3 is 2.76 bits per heavy atom. The third kappa shape index (κ3) is 3.20. The number of amides is 1. The van der Waals surface area contributed by atoms with Gasteiger partial charge in [0.25, 0.3) is 5.91 Å². The van der Waals surface area contributed by atoms with E-state index in [-0.39, 0.29) is 17.8 Å². The molecule has 0 aromatic carbocycles. The molecule has 0 bridgehead atoms. The lowest BCUT2D eigenvalue weighted by Crippen LogP contribution is -2.37. The van der Waals surface area contributed by atoms with Crippen molar-refractivity contribution in [2.75, 3.05) is 7.05 Å². The summed E-state index contributed by atoms with van der Waals surface area (Å²) in [5, 5.41) is 15.2. The van der Waals surface area contributed by atoms with Crippen molar-refractivity contribution in [3.8, 4) is 0 Å². The average Bonchev–Trinajstić information content (AvgIpc) is 2.73. The number of hydrogen-bond acceptors (Lipinski definition) is 4. The van der Waals surface area contributed by atoms with Crippen LogP contribution in [0.1, 0.15) is 29.3 Å². The summed E-state index contributed by atoms with van der Waals surface area (Å²) in [7, 11) is 1.72. The van der Waals surface area contributed by atoms with Gasteiger partial charge in [0.1, 0.15) is 5.84 Å².